The molecule has 0 aromatic heterocycles. The van der Waals surface area contributed by atoms with E-state index in [9.17, 15) is 4.79 Å². The molecule has 3 nitrogen and oxygen atoms in total. The van der Waals surface area contributed by atoms with Gasteiger partial charge in [0.15, 0.2) is 0 Å². The summed E-state index contributed by atoms with van der Waals surface area (Å²) in [6, 6.07) is 16.0. The van der Waals surface area contributed by atoms with E-state index in [1.54, 1.807) is 0 Å². The summed E-state index contributed by atoms with van der Waals surface area (Å²) >= 11 is 0. The molecule has 0 saturated carbocycles. The van der Waals surface area contributed by atoms with Crippen LogP contribution >= 0.6 is 0 Å². The van der Waals surface area contributed by atoms with Crippen molar-refractivity contribution in [2.75, 3.05) is 6.61 Å². The van der Waals surface area contributed by atoms with Gasteiger partial charge in [-0.3, -0.25) is 4.79 Å². The number of ether oxygens (including phenoxy) is 1. The third-order valence-corrected chi connectivity index (χ3v) is 3.84. The molecule has 23 heavy (non-hydrogen) atoms. The van der Waals surface area contributed by atoms with Crippen LogP contribution in [-0.2, 0) is 4.79 Å². The van der Waals surface area contributed by atoms with Gasteiger partial charge in [-0.1, -0.05) is 42.0 Å². The van der Waals surface area contributed by atoms with Gasteiger partial charge < -0.3 is 10.1 Å². The highest BCUT2D eigenvalue weighted by Gasteiger charge is 2.11. The molecule has 0 aliphatic rings. The van der Waals surface area contributed by atoms with E-state index in [0.29, 0.717) is 19.4 Å². The molecule has 2 aromatic rings. The van der Waals surface area contributed by atoms with Crippen molar-refractivity contribution in [3.63, 3.8) is 0 Å². The molecule has 3 heteroatoms. The maximum Gasteiger partial charge on any atom is 0.220 e. The molecule has 2 aromatic carbocycles. The Morgan fingerprint density at radius 1 is 1.13 bits per heavy atom. The lowest BCUT2D eigenvalue weighted by Crippen LogP contribution is -2.27. The Balaban J connectivity index is 1.75. The average molecular weight is 311 g/mol. The molecule has 0 spiro atoms. The monoisotopic (exact) mass is 311 g/mol. The molecule has 122 valence electrons. The van der Waals surface area contributed by atoms with Gasteiger partial charge >= 0.3 is 0 Å². The van der Waals surface area contributed by atoms with Crippen molar-refractivity contribution in [2.24, 2.45) is 0 Å². The predicted molar refractivity (Wildman–Crippen MR) is 93.6 cm³/mol. The largest absolute Gasteiger partial charge is 0.494 e. The number of carbonyl (C=O) groups excluding carboxylic acids is 1. The van der Waals surface area contributed by atoms with Crippen LogP contribution in [0.3, 0.4) is 0 Å². The van der Waals surface area contributed by atoms with Gasteiger partial charge in [-0.05, 0) is 50.5 Å². The van der Waals surface area contributed by atoms with Crippen molar-refractivity contribution in [2.45, 2.75) is 39.7 Å². The maximum absolute atomic E-state index is 12.1. The number of benzene rings is 2. The number of aryl methyl sites for hydroxylation is 2. The Morgan fingerprint density at radius 3 is 2.61 bits per heavy atom. The molecule has 0 heterocycles. The lowest BCUT2D eigenvalue weighted by Gasteiger charge is -2.17. The lowest BCUT2D eigenvalue weighted by molar-refractivity contribution is -0.121. The molecule has 1 amide bonds. The van der Waals surface area contributed by atoms with Gasteiger partial charge in [0.25, 0.3) is 0 Å². The minimum atomic E-state index is 0.0254. The number of carbonyl (C=O) groups is 1. The van der Waals surface area contributed by atoms with Gasteiger partial charge in [0.05, 0.1) is 12.6 Å². The first kappa shape index (κ1) is 17.1. The Kier molecular flexibility index (Phi) is 6.21. The van der Waals surface area contributed by atoms with Crippen LogP contribution in [0.15, 0.2) is 48.5 Å². The number of nitrogens with one attached hydrogen (secondary N) is 1. The molecular formula is C20H25NO2. The van der Waals surface area contributed by atoms with Crippen LogP contribution in [0.2, 0.25) is 0 Å². The molecule has 0 saturated heterocycles. The van der Waals surface area contributed by atoms with Crippen LogP contribution < -0.4 is 10.1 Å². The standard InChI is InChI=1S/C20H25NO2/c1-15-11-12-16(2)19(14-15)17(3)21-20(22)10-7-13-23-18-8-5-4-6-9-18/h4-6,8-9,11-12,14,17H,7,10,13H2,1-3H3,(H,21,22). The van der Waals surface area contributed by atoms with E-state index in [1.807, 2.05) is 37.3 Å². The quantitative estimate of drug-likeness (QED) is 0.772. The first-order chi connectivity index (χ1) is 11.1. The SMILES string of the molecule is Cc1ccc(C)c(C(C)NC(=O)CCCOc2ccccc2)c1. The minimum Gasteiger partial charge on any atom is -0.494 e. The summed E-state index contributed by atoms with van der Waals surface area (Å²) in [5.41, 5.74) is 3.60. The molecule has 1 N–H and O–H groups in total. The molecule has 0 bridgehead atoms. The summed E-state index contributed by atoms with van der Waals surface area (Å²) in [4.78, 5) is 12.1. The van der Waals surface area contributed by atoms with E-state index in [4.69, 9.17) is 4.74 Å². The Hall–Kier alpha value is -2.29. The summed E-state index contributed by atoms with van der Waals surface area (Å²) < 4.78 is 5.60. The summed E-state index contributed by atoms with van der Waals surface area (Å²) in [5, 5.41) is 3.07. The fourth-order valence-electron chi connectivity index (χ4n) is 2.56. The highest BCUT2D eigenvalue weighted by molar-refractivity contribution is 5.76. The third-order valence-electron chi connectivity index (χ3n) is 3.84. The second-order valence-corrected chi connectivity index (χ2v) is 5.91. The Labute approximate surface area is 138 Å². The molecular weight excluding hydrogens is 286 g/mol. The summed E-state index contributed by atoms with van der Waals surface area (Å²) in [5.74, 6) is 0.909. The summed E-state index contributed by atoms with van der Waals surface area (Å²) in [6.07, 6.45) is 1.18. The van der Waals surface area contributed by atoms with Gasteiger partial charge in [0.2, 0.25) is 5.91 Å². The van der Waals surface area contributed by atoms with Crippen molar-refractivity contribution < 1.29 is 9.53 Å². The molecule has 2 rings (SSSR count). The van der Waals surface area contributed by atoms with Crippen molar-refractivity contribution in [3.8, 4) is 5.75 Å². The lowest BCUT2D eigenvalue weighted by atomic mass is 10.00. The zero-order valence-corrected chi connectivity index (χ0v) is 14.1. The maximum atomic E-state index is 12.1. The van der Waals surface area contributed by atoms with Crippen LogP contribution in [-0.4, -0.2) is 12.5 Å². The van der Waals surface area contributed by atoms with Crippen molar-refractivity contribution in [3.05, 3.63) is 65.2 Å². The fraction of sp³-hybridized carbons (Fsp3) is 0.350. The van der Waals surface area contributed by atoms with Crippen molar-refractivity contribution >= 4 is 5.91 Å². The van der Waals surface area contributed by atoms with Gasteiger partial charge in [0, 0.05) is 6.42 Å². The average Bonchev–Trinajstić information content (AvgIpc) is 2.54. The smallest absolute Gasteiger partial charge is 0.220 e. The number of hydrogen-bond acceptors (Lipinski definition) is 2. The van der Waals surface area contributed by atoms with Crippen molar-refractivity contribution in [1.82, 2.24) is 5.32 Å². The topological polar surface area (TPSA) is 38.3 Å². The van der Waals surface area contributed by atoms with E-state index in [2.05, 4.69) is 37.4 Å². The molecule has 1 unspecified atom stereocenters. The second-order valence-electron chi connectivity index (χ2n) is 5.91. The fourth-order valence-corrected chi connectivity index (χ4v) is 2.56. The van der Waals surface area contributed by atoms with Crippen LogP contribution in [0, 0.1) is 13.8 Å². The van der Waals surface area contributed by atoms with E-state index < -0.39 is 0 Å². The van der Waals surface area contributed by atoms with Gasteiger partial charge in [-0.15, -0.1) is 0 Å². The highest BCUT2D eigenvalue weighted by Crippen LogP contribution is 2.19. The van der Waals surface area contributed by atoms with E-state index in [0.717, 1.165) is 5.75 Å². The summed E-state index contributed by atoms with van der Waals surface area (Å²) in [7, 11) is 0. The van der Waals surface area contributed by atoms with Gasteiger partial charge in [-0.2, -0.15) is 0 Å². The number of rotatable bonds is 7. The third kappa shape index (κ3) is 5.44. The number of para-hydroxylation sites is 1. The first-order valence-corrected chi connectivity index (χ1v) is 8.10. The zero-order chi connectivity index (χ0) is 16.7. The highest BCUT2D eigenvalue weighted by atomic mass is 16.5. The van der Waals surface area contributed by atoms with Crippen LogP contribution in [0.5, 0.6) is 5.75 Å². The number of amides is 1. The van der Waals surface area contributed by atoms with Crippen LogP contribution in [0.1, 0.15) is 42.5 Å². The molecule has 0 aliphatic carbocycles. The second kappa shape index (κ2) is 8.37. The molecule has 1 atom stereocenters. The minimum absolute atomic E-state index is 0.0254. The van der Waals surface area contributed by atoms with E-state index in [1.165, 1.54) is 16.7 Å². The predicted octanol–water partition coefficient (Wildman–Crippen LogP) is 4.34. The Bertz CT molecular complexity index is 637. The number of hydrogen-bond donors (Lipinski definition) is 1. The van der Waals surface area contributed by atoms with Crippen LogP contribution in [0.4, 0.5) is 0 Å². The molecule has 0 aliphatic heterocycles. The van der Waals surface area contributed by atoms with Gasteiger partial charge in [0.1, 0.15) is 5.75 Å². The zero-order valence-electron chi connectivity index (χ0n) is 14.1. The first-order valence-electron chi connectivity index (χ1n) is 8.10. The Morgan fingerprint density at radius 2 is 1.87 bits per heavy atom. The van der Waals surface area contributed by atoms with Gasteiger partial charge in [-0.25, -0.2) is 0 Å². The van der Waals surface area contributed by atoms with E-state index in [-0.39, 0.29) is 11.9 Å². The summed E-state index contributed by atoms with van der Waals surface area (Å²) in [6.45, 7) is 6.72. The van der Waals surface area contributed by atoms with Crippen molar-refractivity contribution in [1.29, 1.82) is 0 Å². The molecule has 0 fully saturated rings. The normalized spacial score (nSPS) is 11.8. The van der Waals surface area contributed by atoms with E-state index >= 15 is 0 Å². The molecule has 0 radical (unpaired) electrons. The van der Waals surface area contributed by atoms with Crippen LogP contribution in [0.25, 0.3) is 0 Å².